The highest BCUT2D eigenvalue weighted by atomic mass is 15.1. The van der Waals surface area contributed by atoms with E-state index in [0.29, 0.717) is 0 Å². The van der Waals surface area contributed by atoms with Gasteiger partial charge in [0.15, 0.2) is 0 Å². The maximum atomic E-state index is 2.68. The largest absolute Gasteiger partial charge is 0.303 e. The van der Waals surface area contributed by atoms with Gasteiger partial charge in [0.1, 0.15) is 0 Å². The van der Waals surface area contributed by atoms with Crippen LogP contribution in [-0.4, -0.2) is 24.5 Å². The zero-order valence-corrected chi connectivity index (χ0v) is 11.0. The van der Waals surface area contributed by atoms with E-state index >= 15 is 0 Å². The molecule has 0 amide bonds. The molecule has 0 bridgehead atoms. The van der Waals surface area contributed by atoms with Crippen molar-refractivity contribution in [2.75, 3.05) is 19.6 Å². The van der Waals surface area contributed by atoms with Crippen LogP contribution in [0.2, 0.25) is 0 Å². The summed E-state index contributed by atoms with van der Waals surface area (Å²) < 4.78 is 0. The highest BCUT2D eigenvalue weighted by Crippen LogP contribution is 2.21. The van der Waals surface area contributed by atoms with E-state index in [2.05, 4.69) is 25.7 Å². The van der Waals surface area contributed by atoms with Crippen LogP contribution >= 0.6 is 0 Å². The lowest BCUT2D eigenvalue weighted by Gasteiger charge is -2.32. The van der Waals surface area contributed by atoms with E-state index in [9.17, 15) is 0 Å². The Morgan fingerprint density at radius 3 is 2.33 bits per heavy atom. The summed E-state index contributed by atoms with van der Waals surface area (Å²) in [4.78, 5) is 2.68. The van der Waals surface area contributed by atoms with Crippen molar-refractivity contribution < 1.29 is 0 Å². The molecule has 0 aliphatic carbocycles. The average Bonchev–Trinajstić information content (AvgIpc) is 2.27. The summed E-state index contributed by atoms with van der Waals surface area (Å²) in [6, 6.07) is 0. The lowest BCUT2D eigenvalue weighted by molar-refractivity contribution is 0.172. The molecule has 0 saturated carbocycles. The second kappa shape index (κ2) is 7.27. The van der Waals surface area contributed by atoms with E-state index in [-0.39, 0.29) is 0 Å². The summed E-state index contributed by atoms with van der Waals surface area (Å²) in [5.41, 5.74) is 0. The van der Waals surface area contributed by atoms with Crippen molar-refractivity contribution in [3.63, 3.8) is 0 Å². The van der Waals surface area contributed by atoms with Crippen molar-refractivity contribution in [2.24, 2.45) is 11.8 Å². The normalized spacial score (nSPS) is 21.8. The highest BCUT2D eigenvalue weighted by Gasteiger charge is 2.17. The van der Waals surface area contributed by atoms with Crippen molar-refractivity contribution in [3.8, 4) is 0 Å². The summed E-state index contributed by atoms with van der Waals surface area (Å²) in [6.07, 6.45) is 8.44. The Bertz CT molecular complexity index is 147. The smallest absolute Gasteiger partial charge is 0.00161 e. The van der Waals surface area contributed by atoms with Crippen LogP contribution in [0.3, 0.4) is 0 Å². The Morgan fingerprint density at radius 1 is 1.13 bits per heavy atom. The van der Waals surface area contributed by atoms with Crippen molar-refractivity contribution in [1.29, 1.82) is 0 Å². The van der Waals surface area contributed by atoms with Gasteiger partial charge in [-0.2, -0.15) is 0 Å². The molecule has 1 atom stereocenters. The van der Waals surface area contributed by atoms with Gasteiger partial charge < -0.3 is 4.90 Å². The molecule has 0 aromatic carbocycles. The van der Waals surface area contributed by atoms with Crippen molar-refractivity contribution >= 4 is 0 Å². The monoisotopic (exact) mass is 211 g/mol. The van der Waals surface area contributed by atoms with Gasteiger partial charge in [0, 0.05) is 0 Å². The Labute approximate surface area is 96.2 Å². The SMILES string of the molecule is CCCC(C)CCN1CCC(CC)CC1. The maximum absolute atomic E-state index is 2.68. The molecule has 1 rings (SSSR count). The molecule has 0 N–H and O–H groups in total. The van der Waals surface area contributed by atoms with E-state index < -0.39 is 0 Å². The first kappa shape index (κ1) is 13.0. The zero-order valence-electron chi connectivity index (χ0n) is 11.0. The molecule has 1 heterocycles. The first-order valence-electron chi connectivity index (χ1n) is 6.98. The van der Waals surface area contributed by atoms with Gasteiger partial charge in [-0.05, 0) is 50.7 Å². The predicted octanol–water partition coefficient (Wildman–Crippen LogP) is 3.93. The van der Waals surface area contributed by atoms with E-state index in [1.54, 1.807) is 0 Å². The minimum absolute atomic E-state index is 0.930. The third-order valence-corrected chi connectivity index (χ3v) is 4.00. The van der Waals surface area contributed by atoms with Gasteiger partial charge in [-0.15, -0.1) is 0 Å². The molecule has 1 fully saturated rings. The summed E-state index contributed by atoms with van der Waals surface area (Å²) in [5, 5.41) is 0. The second-order valence-corrected chi connectivity index (χ2v) is 5.38. The maximum Gasteiger partial charge on any atom is -0.00161 e. The standard InChI is InChI=1S/C14H29N/c1-4-6-13(3)7-10-15-11-8-14(5-2)9-12-15/h13-14H,4-12H2,1-3H3. The Balaban J connectivity index is 2.08. The quantitative estimate of drug-likeness (QED) is 0.643. The predicted molar refractivity (Wildman–Crippen MR) is 68.1 cm³/mol. The molecule has 15 heavy (non-hydrogen) atoms. The van der Waals surface area contributed by atoms with E-state index in [4.69, 9.17) is 0 Å². The minimum atomic E-state index is 0.930. The fourth-order valence-corrected chi connectivity index (χ4v) is 2.66. The van der Waals surface area contributed by atoms with E-state index in [1.165, 1.54) is 58.2 Å². The molecule has 1 aliphatic rings. The van der Waals surface area contributed by atoms with Crippen LogP contribution in [0.25, 0.3) is 0 Å². The van der Waals surface area contributed by atoms with Crippen LogP contribution < -0.4 is 0 Å². The molecule has 1 unspecified atom stereocenters. The Kier molecular flexibility index (Phi) is 6.31. The molecule has 1 nitrogen and oxygen atoms in total. The van der Waals surface area contributed by atoms with E-state index in [1.807, 2.05) is 0 Å². The molecule has 1 aliphatic heterocycles. The minimum Gasteiger partial charge on any atom is -0.303 e. The Hall–Kier alpha value is -0.0400. The van der Waals surface area contributed by atoms with Gasteiger partial charge in [0.2, 0.25) is 0 Å². The van der Waals surface area contributed by atoms with E-state index in [0.717, 1.165) is 11.8 Å². The molecule has 1 saturated heterocycles. The van der Waals surface area contributed by atoms with Gasteiger partial charge >= 0.3 is 0 Å². The van der Waals surface area contributed by atoms with Crippen LogP contribution in [0.1, 0.15) is 59.3 Å². The molecule has 0 aromatic heterocycles. The third kappa shape index (κ3) is 5.01. The van der Waals surface area contributed by atoms with Gasteiger partial charge in [-0.3, -0.25) is 0 Å². The number of hydrogen-bond donors (Lipinski definition) is 0. The first-order valence-corrected chi connectivity index (χ1v) is 6.98. The fraction of sp³-hybridized carbons (Fsp3) is 1.00. The number of rotatable bonds is 6. The number of hydrogen-bond acceptors (Lipinski definition) is 1. The topological polar surface area (TPSA) is 3.24 Å². The van der Waals surface area contributed by atoms with Gasteiger partial charge in [0.25, 0.3) is 0 Å². The van der Waals surface area contributed by atoms with Gasteiger partial charge in [-0.1, -0.05) is 40.0 Å². The Morgan fingerprint density at radius 2 is 1.80 bits per heavy atom. The van der Waals surface area contributed by atoms with Gasteiger partial charge in [0.05, 0.1) is 0 Å². The zero-order chi connectivity index (χ0) is 11.1. The molecule has 90 valence electrons. The van der Waals surface area contributed by atoms with Crippen LogP contribution in [-0.2, 0) is 0 Å². The summed E-state index contributed by atoms with van der Waals surface area (Å²) in [5.74, 6) is 1.95. The third-order valence-electron chi connectivity index (χ3n) is 4.00. The molecule has 0 radical (unpaired) electrons. The highest BCUT2D eigenvalue weighted by molar-refractivity contribution is 4.71. The first-order chi connectivity index (χ1) is 7.26. The van der Waals surface area contributed by atoms with Crippen molar-refractivity contribution in [3.05, 3.63) is 0 Å². The van der Waals surface area contributed by atoms with Crippen LogP contribution in [0.15, 0.2) is 0 Å². The number of piperidine rings is 1. The lowest BCUT2D eigenvalue weighted by Crippen LogP contribution is -2.34. The van der Waals surface area contributed by atoms with Gasteiger partial charge in [-0.25, -0.2) is 0 Å². The summed E-state index contributed by atoms with van der Waals surface area (Å²) >= 11 is 0. The van der Waals surface area contributed by atoms with Crippen molar-refractivity contribution in [2.45, 2.75) is 59.3 Å². The lowest BCUT2D eigenvalue weighted by atomic mass is 9.94. The average molecular weight is 211 g/mol. The molecule has 0 aromatic rings. The molecule has 0 spiro atoms. The summed E-state index contributed by atoms with van der Waals surface area (Å²) in [6.45, 7) is 11.1. The number of nitrogens with zero attached hydrogens (tertiary/aromatic N) is 1. The van der Waals surface area contributed by atoms with Crippen LogP contribution in [0.5, 0.6) is 0 Å². The van der Waals surface area contributed by atoms with Crippen LogP contribution in [0, 0.1) is 11.8 Å². The second-order valence-electron chi connectivity index (χ2n) is 5.38. The summed E-state index contributed by atoms with van der Waals surface area (Å²) in [7, 11) is 0. The van der Waals surface area contributed by atoms with Crippen LogP contribution in [0.4, 0.5) is 0 Å². The molecule has 1 heteroatoms. The molecular weight excluding hydrogens is 182 g/mol. The number of likely N-dealkylation sites (tertiary alicyclic amines) is 1. The van der Waals surface area contributed by atoms with Crippen molar-refractivity contribution in [1.82, 2.24) is 4.90 Å². The fourth-order valence-electron chi connectivity index (χ4n) is 2.66. The molecular formula is C14H29N.